The number of anilines is 4. The van der Waals surface area contributed by atoms with E-state index in [4.69, 9.17) is 4.42 Å². The molecule has 36 heteroatoms. The molecule has 14 aromatic rings. The Bertz CT molecular complexity index is 6740. The molecule has 4 amide bonds. The maximum Gasteiger partial charge on any atom is 0.357 e. The molecule has 36 nitrogen and oxygen atoms in total. The highest BCUT2D eigenvalue weighted by Gasteiger charge is 2.38. The van der Waals surface area contributed by atoms with Crippen LogP contribution in [-0.2, 0) is 28.2 Å². The van der Waals surface area contributed by atoms with Crippen molar-refractivity contribution in [3.8, 4) is 0 Å². The summed E-state index contributed by atoms with van der Waals surface area (Å²) in [7, 11) is 6.14. The van der Waals surface area contributed by atoms with E-state index in [1.807, 2.05) is 74.2 Å². The van der Waals surface area contributed by atoms with Crippen LogP contribution in [0.15, 0.2) is 231 Å². The van der Waals surface area contributed by atoms with Crippen molar-refractivity contribution in [2.45, 2.75) is 0 Å². The van der Waals surface area contributed by atoms with Gasteiger partial charge in [-0.3, -0.25) is 88.8 Å². The number of carbonyl (C=O) groups is 4. The molecule has 18 rings (SSSR count). The van der Waals surface area contributed by atoms with Crippen molar-refractivity contribution in [3.05, 3.63) is 311 Å². The second-order valence-electron chi connectivity index (χ2n) is 29.4. The number of nitro groups is 4. The number of amides is 4. The number of aryl methyl sites for hydroxylation is 4. The lowest BCUT2D eigenvalue weighted by Crippen LogP contribution is -2.49. The number of pyridine rings is 6. The van der Waals surface area contributed by atoms with Crippen LogP contribution in [0.25, 0.3) is 65.3 Å². The van der Waals surface area contributed by atoms with E-state index in [1.54, 1.807) is 167 Å². The Labute approximate surface area is 691 Å². The summed E-state index contributed by atoms with van der Waals surface area (Å²) in [6.45, 7) is 6.18. The topological polar surface area (TPSA) is 409 Å². The predicted molar refractivity (Wildman–Crippen MR) is 459 cm³/mol. The first-order valence-electron chi connectivity index (χ1n) is 39.0. The standard InChI is InChI=1S/C24H21N5O4.C23H21N5O4.C20H19N5O4.C19H18N4O5/c1-26-20-9-5-4-8-18(20)21(22(24(26)31)29(32)33)27-10-12-28(13-11-27)23(30)19-15-25-14-16-6-2-3-7-17(16)19;1-25-19-9-5-3-7-16(19)20(21(23(25)30)28(31)32)26-10-12-27(13-11-26)22(29)18-14-15-6-2-4-8-17(15)24-18;1-22-16-7-3-2-6-15(16)17(18(20(22)27)25(28)29)23-9-11-24(12-10-23)19(26)14-5-4-8-21-13-14;1-20-14-6-3-2-5-13(14)16(17(19(20)25)23(26)27)21-8-10-22(11-9-21)18(24)15-7-4-12-28-15/h2-9,14-15H,10-13H2,1H3;2-9,14,24H,10-13H2,1H3;2-8,13H,9-12H2,1H3;2-7,12H,8-11H2,1H3. The Morgan fingerprint density at radius 2 is 0.697 bits per heavy atom. The molecule has 6 aromatic carbocycles. The number of aromatic nitrogens is 7. The third kappa shape index (κ3) is 15.6. The average Bonchev–Trinajstić information content (AvgIpc) is 0.852. The second kappa shape index (κ2) is 34.4. The van der Waals surface area contributed by atoms with Gasteiger partial charge in [0, 0.05) is 196 Å². The summed E-state index contributed by atoms with van der Waals surface area (Å²) >= 11 is 0. The molecule has 0 bridgehead atoms. The van der Waals surface area contributed by atoms with Gasteiger partial charge in [-0.25, -0.2) is 0 Å². The molecule has 12 heterocycles. The molecule has 0 spiro atoms. The van der Waals surface area contributed by atoms with E-state index in [1.165, 1.54) is 51.9 Å². The Morgan fingerprint density at radius 3 is 1.06 bits per heavy atom. The van der Waals surface area contributed by atoms with Gasteiger partial charge in [0.05, 0.1) is 59.2 Å². The number of carbonyl (C=O) groups excluding carboxylic acids is 4. The van der Waals surface area contributed by atoms with Gasteiger partial charge in [0.1, 0.15) is 28.4 Å². The van der Waals surface area contributed by atoms with E-state index in [-0.39, 0.29) is 29.4 Å². The van der Waals surface area contributed by atoms with Crippen molar-refractivity contribution in [1.82, 2.24) is 52.8 Å². The Balaban J connectivity index is 0.000000127. The number of piperazine rings is 4. The van der Waals surface area contributed by atoms with Crippen LogP contribution in [0.4, 0.5) is 45.5 Å². The monoisotopic (exact) mass is 1650 g/mol. The molecule has 4 saturated heterocycles. The van der Waals surface area contributed by atoms with Gasteiger partial charge in [-0.2, -0.15) is 0 Å². The van der Waals surface area contributed by atoms with Crippen LogP contribution in [0.2, 0.25) is 0 Å². The summed E-state index contributed by atoms with van der Waals surface area (Å²) in [6.07, 6.45) is 7.88. The molecule has 8 aromatic heterocycles. The highest BCUT2D eigenvalue weighted by Crippen LogP contribution is 2.39. The van der Waals surface area contributed by atoms with E-state index in [9.17, 15) is 78.8 Å². The zero-order valence-corrected chi connectivity index (χ0v) is 66.4. The fourth-order valence-corrected chi connectivity index (χ4v) is 16.4. The number of hydrogen-bond donors (Lipinski definition) is 1. The Hall–Kier alpha value is -15.8. The predicted octanol–water partition coefficient (Wildman–Crippen LogP) is 9.65. The van der Waals surface area contributed by atoms with Crippen molar-refractivity contribution in [2.24, 2.45) is 28.2 Å². The number of benzene rings is 6. The number of rotatable bonds is 12. The van der Waals surface area contributed by atoms with Crippen molar-refractivity contribution in [3.63, 3.8) is 0 Å². The van der Waals surface area contributed by atoms with Gasteiger partial charge in [0.2, 0.25) is 0 Å². The van der Waals surface area contributed by atoms with E-state index >= 15 is 0 Å². The molecule has 4 aliphatic rings. The van der Waals surface area contributed by atoms with Crippen LogP contribution >= 0.6 is 0 Å². The lowest BCUT2D eigenvalue weighted by atomic mass is 10.1. The summed E-state index contributed by atoms with van der Waals surface area (Å²) in [6, 6.07) is 52.4. The maximum atomic E-state index is 13.2. The first kappa shape index (κ1) is 81.4. The van der Waals surface area contributed by atoms with Crippen LogP contribution in [-0.4, -0.2) is 201 Å². The van der Waals surface area contributed by atoms with Gasteiger partial charge in [-0.1, -0.05) is 115 Å². The third-order valence-electron chi connectivity index (χ3n) is 22.6. The van der Waals surface area contributed by atoms with Crippen LogP contribution in [0, 0.1) is 40.5 Å². The molecule has 620 valence electrons. The molecule has 0 atom stereocenters. The van der Waals surface area contributed by atoms with Crippen molar-refractivity contribution >= 4 is 134 Å². The summed E-state index contributed by atoms with van der Waals surface area (Å²) in [5, 5.41) is 52.4. The molecule has 0 aliphatic carbocycles. The van der Waals surface area contributed by atoms with Crippen molar-refractivity contribution < 1.29 is 43.3 Å². The lowest BCUT2D eigenvalue weighted by Gasteiger charge is -2.36. The number of para-hydroxylation sites is 5. The SMILES string of the molecule is Cn1c(=O)c([N+](=O)[O-])c(N2CCN(C(=O)c3cc4ccccc4[nH]3)CC2)c2ccccc21.Cn1c(=O)c([N+](=O)[O-])c(N2CCN(C(=O)c3cccnc3)CC2)c2ccccc21.Cn1c(=O)c([N+](=O)[O-])c(N2CCN(C(=O)c3ccco3)CC2)c2ccccc21.Cn1c(=O)c([N+](=O)[O-])c(N2CCN(C(=O)c3cncc4ccccc34)CC2)c2ccccc21. The fraction of sp³-hybridized carbons (Fsp3) is 0.233. The summed E-state index contributed by atoms with van der Waals surface area (Å²) < 4.78 is 10.4. The molecular formula is C86H79N19O17. The fourth-order valence-electron chi connectivity index (χ4n) is 16.4. The first-order valence-corrected chi connectivity index (χ1v) is 39.0. The maximum absolute atomic E-state index is 13.2. The third-order valence-corrected chi connectivity index (χ3v) is 22.6. The van der Waals surface area contributed by atoms with E-state index < -0.39 is 64.7 Å². The highest BCUT2D eigenvalue weighted by atomic mass is 16.6. The normalized spacial score (nSPS) is 14.3. The summed E-state index contributed by atoms with van der Waals surface area (Å²) in [5.74, 6) is -0.306. The number of H-pyrrole nitrogens is 1. The number of fused-ring (bicyclic) bond motifs is 6. The van der Waals surface area contributed by atoms with Gasteiger partial charge >= 0.3 is 45.0 Å². The molecular weight excluding hydrogens is 1570 g/mol. The molecule has 0 unspecified atom stereocenters. The number of aromatic amines is 1. The van der Waals surface area contributed by atoms with Gasteiger partial charge in [-0.15, -0.1) is 0 Å². The largest absolute Gasteiger partial charge is 0.459 e. The molecule has 4 aliphatic heterocycles. The molecule has 0 radical (unpaired) electrons. The lowest BCUT2D eigenvalue weighted by molar-refractivity contribution is -0.385. The molecule has 4 fully saturated rings. The smallest absolute Gasteiger partial charge is 0.357 e. The quantitative estimate of drug-likeness (QED) is 0.0877. The van der Waals surface area contributed by atoms with Crippen molar-refractivity contribution in [1.29, 1.82) is 0 Å². The average molecular weight is 1650 g/mol. The molecule has 0 saturated carbocycles. The summed E-state index contributed by atoms with van der Waals surface area (Å²) in [5.41, 5.74) is 1.95. The highest BCUT2D eigenvalue weighted by molar-refractivity contribution is 6.07. The van der Waals surface area contributed by atoms with Crippen LogP contribution in [0.3, 0.4) is 0 Å². The van der Waals surface area contributed by atoms with E-state index in [0.29, 0.717) is 188 Å². The van der Waals surface area contributed by atoms with Crippen LogP contribution in [0.5, 0.6) is 0 Å². The zero-order valence-electron chi connectivity index (χ0n) is 66.4. The van der Waals surface area contributed by atoms with Gasteiger partial charge in [-0.05, 0) is 66.0 Å². The zero-order chi connectivity index (χ0) is 85.9. The van der Waals surface area contributed by atoms with Crippen LogP contribution < -0.4 is 41.8 Å². The van der Waals surface area contributed by atoms with E-state index in [0.717, 1.165) is 21.7 Å². The number of nitrogens with one attached hydrogen (secondary N) is 1. The van der Waals surface area contributed by atoms with Crippen LogP contribution in [0.1, 0.15) is 41.8 Å². The Morgan fingerprint density at radius 1 is 0.352 bits per heavy atom. The number of nitrogens with zero attached hydrogens (tertiary/aromatic N) is 18. The van der Waals surface area contributed by atoms with Gasteiger partial charge in [0.15, 0.2) is 5.76 Å². The van der Waals surface area contributed by atoms with Gasteiger partial charge in [0.25, 0.3) is 23.6 Å². The first-order chi connectivity index (χ1) is 58.9. The molecule has 1 N–H and O–H groups in total. The Kier molecular flexibility index (Phi) is 23.0. The van der Waals surface area contributed by atoms with Crippen molar-refractivity contribution in [2.75, 3.05) is 124 Å². The second-order valence-corrected chi connectivity index (χ2v) is 29.4. The minimum atomic E-state index is -0.646. The number of furan rings is 1. The number of hydrogen-bond acceptors (Lipinski definition) is 23. The van der Waals surface area contributed by atoms with E-state index in [2.05, 4.69) is 15.0 Å². The minimum absolute atomic E-state index is 0.107. The molecule has 122 heavy (non-hydrogen) atoms. The minimum Gasteiger partial charge on any atom is -0.459 e. The summed E-state index contributed by atoms with van der Waals surface area (Å²) in [4.78, 5) is 172. The van der Waals surface area contributed by atoms with Gasteiger partial charge < -0.3 is 66.9 Å².